The Bertz CT molecular complexity index is 1120. The monoisotopic (exact) mass is 431 g/mol. The number of nitrogens with one attached hydrogen (secondary N) is 1. The van der Waals surface area contributed by atoms with E-state index in [1.165, 1.54) is 11.3 Å². The van der Waals surface area contributed by atoms with Crippen LogP contribution in [0.1, 0.15) is 36.0 Å². The number of thiophene rings is 1. The van der Waals surface area contributed by atoms with Gasteiger partial charge in [-0.15, -0.1) is 21.5 Å². The van der Waals surface area contributed by atoms with Crippen molar-refractivity contribution in [1.82, 2.24) is 25.5 Å². The first-order chi connectivity index (χ1) is 15.0. The molecule has 0 aliphatic rings. The largest absolute Gasteiger partial charge is 0.331 e. The predicted molar refractivity (Wildman–Crippen MR) is 124 cm³/mol. The molecule has 158 valence electrons. The Balaban J connectivity index is 1.60. The average Bonchev–Trinajstić information content (AvgIpc) is 3.51. The third-order valence-corrected chi connectivity index (χ3v) is 6.44. The van der Waals surface area contributed by atoms with Crippen molar-refractivity contribution in [1.29, 1.82) is 0 Å². The van der Waals surface area contributed by atoms with Gasteiger partial charge >= 0.3 is 0 Å². The molecular weight excluding hydrogens is 406 g/mol. The molecule has 4 rings (SSSR count). The van der Waals surface area contributed by atoms with Crippen LogP contribution in [0.5, 0.6) is 0 Å². The highest BCUT2D eigenvalue weighted by Gasteiger charge is 2.24. The first kappa shape index (κ1) is 20.9. The topological polar surface area (TPSA) is 74.8 Å². The first-order valence-electron chi connectivity index (χ1n) is 10.3. The van der Waals surface area contributed by atoms with Gasteiger partial charge in [-0.2, -0.15) is 5.21 Å². The van der Waals surface area contributed by atoms with Crippen LogP contribution in [0.15, 0.2) is 66.0 Å². The Labute approximate surface area is 185 Å². The van der Waals surface area contributed by atoms with Gasteiger partial charge in [-0.25, -0.2) is 0 Å². The van der Waals surface area contributed by atoms with Crippen LogP contribution in [-0.4, -0.2) is 37.5 Å². The Morgan fingerprint density at radius 1 is 1.00 bits per heavy atom. The van der Waals surface area contributed by atoms with Crippen molar-refractivity contribution in [3.8, 4) is 22.5 Å². The van der Waals surface area contributed by atoms with Gasteiger partial charge in [0.1, 0.15) is 0 Å². The van der Waals surface area contributed by atoms with Gasteiger partial charge in [0, 0.05) is 18.2 Å². The van der Waals surface area contributed by atoms with Crippen molar-refractivity contribution in [2.45, 2.75) is 33.4 Å². The van der Waals surface area contributed by atoms with Gasteiger partial charge in [0.25, 0.3) is 5.91 Å². The van der Waals surface area contributed by atoms with E-state index < -0.39 is 0 Å². The van der Waals surface area contributed by atoms with Crippen LogP contribution in [0, 0.1) is 5.92 Å². The zero-order valence-electron chi connectivity index (χ0n) is 17.8. The molecule has 0 aliphatic carbocycles. The molecule has 0 saturated heterocycles. The SMILES string of the molecule is CC(C)C(C)N(Cc1ccc(-c2ccccc2-c2nn[nH]n2)cc1)C(=O)c1cccs1. The lowest BCUT2D eigenvalue weighted by Crippen LogP contribution is -2.40. The Morgan fingerprint density at radius 3 is 2.35 bits per heavy atom. The van der Waals surface area contributed by atoms with E-state index in [-0.39, 0.29) is 11.9 Å². The van der Waals surface area contributed by atoms with Gasteiger partial charge in [0.15, 0.2) is 0 Å². The molecular formula is C24H25N5OS. The summed E-state index contributed by atoms with van der Waals surface area (Å²) in [5, 5.41) is 16.4. The van der Waals surface area contributed by atoms with Crippen LogP contribution < -0.4 is 0 Å². The molecule has 0 spiro atoms. The molecule has 1 atom stereocenters. The van der Waals surface area contributed by atoms with Crippen molar-refractivity contribution in [2.24, 2.45) is 5.92 Å². The van der Waals surface area contributed by atoms with E-state index in [0.29, 0.717) is 18.3 Å². The fourth-order valence-electron chi connectivity index (χ4n) is 3.49. The maximum absolute atomic E-state index is 13.1. The van der Waals surface area contributed by atoms with E-state index >= 15 is 0 Å². The van der Waals surface area contributed by atoms with Gasteiger partial charge in [-0.1, -0.05) is 68.4 Å². The third-order valence-electron chi connectivity index (χ3n) is 5.58. The second kappa shape index (κ2) is 9.22. The zero-order chi connectivity index (χ0) is 21.8. The van der Waals surface area contributed by atoms with E-state index in [9.17, 15) is 4.79 Å². The van der Waals surface area contributed by atoms with E-state index in [4.69, 9.17) is 0 Å². The summed E-state index contributed by atoms with van der Waals surface area (Å²) >= 11 is 1.49. The summed E-state index contributed by atoms with van der Waals surface area (Å²) in [7, 11) is 0. The molecule has 7 heteroatoms. The average molecular weight is 432 g/mol. The number of carbonyl (C=O) groups is 1. The van der Waals surface area contributed by atoms with E-state index in [1.807, 2.05) is 46.7 Å². The number of aromatic amines is 1. The second-order valence-corrected chi connectivity index (χ2v) is 8.82. The predicted octanol–water partition coefficient (Wildman–Crippen LogP) is 5.28. The second-order valence-electron chi connectivity index (χ2n) is 7.87. The standard InChI is InChI=1S/C24H25N5OS/c1-16(2)17(3)29(24(30)22-9-6-14-31-22)15-18-10-12-19(13-11-18)20-7-4-5-8-21(20)23-25-27-28-26-23/h4-14,16-17H,15H2,1-3H3,(H,25,26,27,28). The van der Waals surface area contributed by atoms with Crippen LogP contribution >= 0.6 is 11.3 Å². The van der Waals surface area contributed by atoms with Gasteiger partial charge in [-0.3, -0.25) is 4.79 Å². The Hall–Kier alpha value is -3.32. The molecule has 31 heavy (non-hydrogen) atoms. The number of nitrogens with zero attached hydrogens (tertiary/aromatic N) is 4. The van der Waals surface area contributed by atoms with Gasteiger partial charge in [-0.05, 0) is 46.2 Å². The van der Waals surface area contributed by atoms with Crippen LogP contribution in [0.2, 0.25) is 0 Å². The quantitative estimate of drug-likeness (QED) is 0.432. The molecule has 0 aliphatic heterocycles. The van der Waals surface area contributed by atoms with Gasteiger partial charge < -0.3 is 4.90 Å². The van der Waals surface area contributed by atoms with Crippen molar-refractivity contribution in [3.05, 3.63) is 76.5 Å². The molecule has 0 bridgehead atoms. The van der Waals surface area contributed by atoms with E-state index in [2.05, 4.69) is 65.7 Å². The summed E-state index contributed by atoms with van der Waals surface area (Å²) in [5.74, 6) is 1.02. The number of tetrazole rings is 1. The smallest absolute Gasteiger partial charge is 0.264 e. The number of H-pyrrole nitrogens is 1. The number of amides is 1. The van der Waals surface area contributed by atoms with Gasteiger partial charge in [0.05, 0.1) is 4.88 Å². The summed E-state index contributed by atoms with van der Waals surface area (Å²) in [6, 6.07) is 20.3. The zero-order valence-corrected chi connectivity index (χ0v) is 18.6. The minimum absolute atomic E-state index is 0.0859. The number of carbonyl (C=O) groups excluding carboxylic acids is 1. The van der Waals surface area contributed by atoms with Crippen LogP contribution in [0.3, 0.4) is 0 Å². The highest BCUT2D eigenvalue weighted by Crippen LogP contribution is 2.30. The molecule has 2 aromatic heterocycles. The number of hydrogen-bond acceptors (Lipinski definition) is 5. The summed E-state index contributed by atoms with van der Waals surface area (Å²) in [4.78, 5) is 15.9. The molecule has 2 heterocycles. The lowest BCUT2D eigenvalue weighted by atomic mass is 9.98. The molecule has 6 nitrogen and oxygen atoms in total. The molecule has 0 radical (unpaired) electrons. The van der Waals surface area contributed by atoms with Crippen LogP contribution in [-0.2, 0) is 6.54 Å². The minimum atomic E-state index is 0.0859. The highest BCUT2D eigenvalue weighted by molar-refractivity contribution is 7.12. The maximum atomic E-state index is 13.1. The molecule has 2 aromatic carbocycles. The molecule has 1 unspecified atom stereocenters. The lowest BCUT2D eigenvalue weighted by molar-refractivity contribution is 0.0633. The number of aromatic nitrogens is 4. The molecule has 0 saturated carbocycles. The van der Waals surface area contributed by atoms with Crippen molar-refractivity contribution < 1.29 is 4.79 Å². The molecule has 4 aromatic rings. The van der Waals surface area contributed by atoms with E-state index in [0.717, 1.165) is 27.1 Å². The lowest BCUT2D eigenvalue weighted by Gasteiger charge is -2.32. The normalized spacial score (nSPS) is 12.1. The highest BCUT2D eigenvalue weighted by atomic mass is 32.1. The molecule has 0 fully saturated rings. The maximum Gasteiger partial charge on any atom is 0.264 e. The fraction of sp³-hybridized carbons (Fsp3) is 0.250. The summed E-state index contributed by atoms with van der Waals surface area (Å²) in [5.41, 5.74) is 4.12. The van der Waals surface area contributed by atoms with Crippen molar-refractivity contribution in [2.75, 3.05) is 0 Å². The Morgan fingerprint density at radius 2 is 1.74 bits per heavy atom. The Kier molecular flexibility index (Phi) is 6.23. The summed E-state index contributed by atoms with van der Waals surface area (Å²) < 4.78 is 0. The molecule has 1 amide bonds. The number of hydrogen-bond donors (Lipinski definition) is 1. The van der Waals surface area contributed by atoms with Crippen molar-refractivity contribution >= 4 is 17.2 Å². The van der Waals surface area contributed by atoms with E-state index in [1.54, 1.807) is 0 Å². The third kappa shape index (κ3) is 4.56. The molecule has 1 N–H and O–H groups in total. The van der Waals surface area contributed by atoms with Crippen molar-refractivity contribution in [3.63, 3.8) is 0 Å². The summed E-state index contributed by atoms with van der Waals surface area (Å²) in [6.07, 6.45) is 0. The fourth-order valence-corrected chi connectivity index (χ4v) is 4.17. The van der Waals surface area contributed by atoms with Crippen LogP contribution in [0.25, 0.3) is 22.5 Å². The minimum Gasteiger partial charge on any atom is -0.331 e. The first-order valence-corrected chi connectivity index (χ1v) is 11.2. The number of benzene rings is 2. The van der Waals surface area contributed by atoms with Gasteiger partial charge in [0.2, 0.25) is 5.82 Å². The summed E-state index contributed by atoms with van der Waals surface area (Å²) in [6.45, 7) is 6.99. The van der Waals surface area contributed by atoms with Crippen LogP contribution in [0.4, 0.5) is 0 Å². The number of rotatable bonds is 7.